The molecule has 102 valence electrons. The van der Waals surface area contributed by atoms with Crippen molar-refractivity contribution in [1.82, 2.24) is 15.0 Å². The lowest BCUT2D eigenvalue weighted by Gasteiger charge is -2.29. The minimum Gasteiger partial charge on any atom is -0.365 e. The Labute approximate surface area is 118 Å². The van der Waals surface area contributed by atoms with Crippen molar-refractivity contribution in [3.05, 3.63) is 29.7 Å². The van der Waals surface area contributed by atoms with Crippen molar-refractivity contribution in [2.24, 2.45) is 0 Å². The van der Waals surface area contributed by atoms with Gasteiger partial charge in [-0.2, -0.15) is 0 Å². The van der Waals surface area contributed by atoms with E-state index in [-0.39, 0.29) is 0 Å². The van der Waals surface area contributed by atoms with Crippen LogP contribution in [0.25, 0.3) is 11.4 Å². The van der Waals surface area contributed by atoms with Gasteiger partial charge >= 0.3 is 0 Å². The van der Waals surface area contributed by atoms with Gasteiger partial charge in [-0.3, -0.25) is 4.98 Å². The maximum atomic E-state index is 4.73. The molecule has 2 aromatic rings. The molecule has 20 heavy (non-hydrogen) atoms. The van der Waals surface area contributed by atoms with Gasteiger partial charge in [-0.1, -0.05) is 0 Å². The van der Waals surface area contributed by atoms with E-state index in [0.29, 0.717) is 6.04 Å². The van der Waals surface area contributed by atoms with Gasteiger partial charge < -0.3 is 10.2 Å². The average molecular weight is 267 g/mol. The van der Waals surface area contributed by atoms with Gasteiger partial charge in [-0.05, 0) is 32.4 Å². The Hall–Kier alpha value is -2.17. The zero-order chi connectivity index (χ0) is 13.7. The summed E-state index contributed by atoms with van der Waals surface area (Å²) in [5, 5.41) is 3.55. The van der Waals surface area contributed by atoms with Crippen LogP contribution in [0.15, 0.2) is 18.3 Å². The fourth-order valence-corrected chi connectivity index (χ4v) is 3.13. The zero-order valence-electron chi connectivity index (χ0n) is 11.7. The van der Waals surface area contributed by atoms with Crippen LogP contribution in [0.5, 0.6) is 0 Å². The molecule has 0 spiro atoms. The first kappa shape index (κ1) is 11.6. The molecule has 0 saturated carbocycles. The van der Waals surface area contributed by atoms with Crippen LogP contribution in [0.3, 0.4) is 0 Å². The Balaban J connectivity index is 1.84. The van der Waals surface area contributed by atoms with Crippen LogP contribution in [-0.2, 0) is 0 Å². The number of hydrogen-bond donors (Lipinski definition) is 1. The number of aromatic nitrogens is 3. The minimum atomic E-state index is 0.531. The maximum absolute atomic E-state index is 4.73. The third-order valence-electron chi connectivity index (χ3n) is 4.06. The highest BCUT2D eigenvalue weighted by atomic mass is 15.3. The quantitative estimate of drug-likeness (QED) is 0.858. The molecule has 2 aromatic heterocycles. The van der Waals surface area contributed by atoms with Crippen LogP contribution in [0.2, 0.25) is 0 Å². The number of anilines is 2. The van der Waals surface area contributed by atoms with Crippen molar-refractivity contribution in [2.45, 2.75) is 26.3 Å². The highest BCUT2D eigenvalue weighted by Crippen LogP contribution is 2.37. The molecule has 5 heteroatoms. The van der Waals surface area contributed by atoms with Crippen LogP contribution in [0.1, 0.15) is 17.8 Å². The van der Waals surface area contributed by atoms with Gasteiger partial charge in [0, 0.05) is 36.6 Å². The summed E-state index contributed by atoms with van der Waals surface area (Å²) < 4.78 is 0. The van der Waals surface area contributed by atoms with Crippen LogP contribution in [0.4, 0.5) is 11.5 Å². The van der Waals surface area contributed by atoms with Crippen molar-refractivity contribution >= 4 is 11.5 Å². The summed E-state index contributed by atoms with van der Waals surface area (Å²) in [6, 6.07) is 4.52. The second-order valence-corrected chi connectivity index (χ2v) is 5.59. The monoisotopic (exact) mass is 267 g/mol. The zero-order valence-corrected chi connectivity index (χ0v) is 11.7. The molecule has 2 aliphatic heterocycles. The van der Waals surface area contributed by atoms with Crippen molar-refractivity contribution in [1.29, 1.82) is 0 Å². The van der Waals surface area contributed by atoms with Gasteiger partial charge in [0.25, 0.3) is 0 Å². The number of nitrogens with one attached hydrogen (secondary N) is 1. The van der Waals surface area contributed by atoms with Gasteiger partial charge in [0.1, 0.15) is 5.69 Å². The van der Waals surface area contributed by atoms with Crippen molar-refractivity contribution in [3.63, 3.8) is 0 Å². The standard InChI is InChI=1S/C15H17N5/c1-9-7-11(3-5-16-9)14-17-10(2)13-15(19-14)18-12-4-6-20(13)8-12/h3,5,7,12H,4,6,8H2,1-2H3,(H,17,18,19)/t12-/m0/s1. The molecule has 2 bridgehead atoms. The number of hydrogen-bond acceptors (Lipinski definition) is 5. The van der Waals surface area contributed by atoms with Gasteiger partial charge in [0.2, 0.25) is 0 Å². The van der Waals surface area contributed by atoms with E-state index in [4.69, 9.17) is 9.97 Å². The van der Waals surface area contributed by atoms with Gasteiger partial charge in [-0.15, -0.1) is 0 Å². The first-order chi connectivity index (χ1) is 9.70. The van der Waals surface area contributed by atoms with E-state index in [0.717, 1.165) is 41.7 Å². The summed E-state index contributed by atoms with van der Waals surface area (Å²) in [6.45, 7) is 6.23. The number of fused-ring (bicyclic) bond motifs is 4. The van der Waals surface area contributed by atoms with Crippen molar-refractivity contribution in [2.75, 3.05) is 23.3 Å². The molecule has 0 amide bonds. The molecule has 0 aliphatic carbocycles. The normalized spacial score (nSPS) is 19.7. The second-order valence-electron chi connectivity index (χ2n) is 5.59. The van der Waals surface area contributed by atoms with Crippen LogP contribution >= 0.6 is 0 Å². The summed E-state index contributed by atoms with van der Waals surface area (Å²) in [6.07, 6.45) is 2.99. The predicted octanol–water partition coefficient (Wildman–Crippen LogP) is 2.16. The summed E-state index contributed by atoms with van der Waals surface area (Å²) in [7, 11) is 0. The predicted molar refractivity (Wildman–Crippen MR) is 79.0 cm³/mol. The Kier molecular flexibility index (Phi) is 2.42. The molecule has 4 heterocycles. The number of rotatable bonds is 1. The second kappa shape index (κ2) is 4.16. The van der Waals surface area contributed by atoms with Gasteiger partial charge in [-0.25, -0.2) is 9.97 Å². The minimum absolute atomic E-state index is 0.531. The van der Waals surface area contributed by atoms with E-state index in [9.17, 15) is 0 Å². The molecule has 1 saturated heterocycles. The third kappa shape index (κ3) is 1.73. The molecule has 1 N–H and O–H groups in total. The average Bonchev–Trinajstić information content (AvgIpc) is 2.80. The topological polar surface area (TPSA) is 53.9 Å². The van der Waals surface area contributed by atoms with Crippen molar-refractivity contribution < 1.29 is 0 Å². The summed E-state index contributed by atoms with van der Waals surface area (Å²) >= 11 is 0. The van der Waals surface area contributed by atoms with E-state index in [1.165, 1.54) is 12.1 Å². The molecule has 1 fully saturated rings. The van der Waals surface area contributed by atoms with E-state index in [1.54, 1.807) is 0 Å². The fraction of sp³-hybridized carbons (Fsp3) is 0.400. The van der Waals surface area contributed by atoms with Crippen molar-refractivity contribution in [3.8, 4) is 11.4 Å². The summed E-state index contributed by atoms with van der Waals surface area (Å²) in [5.74, 6) is 1.76. The summed E-state index contributed by atoms with van der Waals surface area (Å²) in [5.41, 5.74) is 4.23. The Morgan fingerprint density at radius 3 is 3.05 bits per heavy atom. The Morgan fingerprint density at radius 1 is 1.30 bits per heavy atom. The van der Waals surface area contributed by atoms with E-state index in [1.807, 2.05) is 25.3 Å². The molecule has 0 unspecified atom stereocenters. The lowest BCUT2D eigenvalue weighted by molar-refractivity contribution is 0.783. The molecule has 0 aromatic carbocycles. The molecular weight excluding hydrogens is 250 g/mol. The van der Waals surface area contributed by atoms with Gasteiger partial charge in [0.05, 0.1) is 5.69 Å². The van der Waals surface area contributed by atoms with E-state index >= 15 is 0 Å². The van der Waals surface area contributed by atoms with E-state index in [2.05, 4.69) is 22.1 Å². The molecule has 0 radical (unpaired) electrons. The van der Waals surface area contributed by atoms with Crippen LogP contribution < -0.4 is 10.2 Å². The highest BCUT2D eigenvalue weighted by Gasteiger charge is 2.32. The highest BCUT2D eigenvalue weighted by molar-refractivity contribution is 5.75. The largest absolute Gasteiger partial charge is 0.365 e. The molecular formula is C15H17N5. The van der Waals surface area contributed by atoms with Crippen LogP contribution in [0, 0.1) is 13.8 Å². The molecule has 5 nitrogen and oxygen atoms in total. The Bertz CT molecular complexity index is 682. The lowest BCUT2D eigenvalue weighted by Crippen LogP contribution is -2.33. The van der Waals surface area contributed by atoms with Gasteiger partial charge in [0.15, 0.2) is 11.6 Å². The van der Waals surface area contributed by atoms with E-state index < -0.39 is 0 Å². The Morgan fingerprint density at radius 2 is 2.20 bits per heavy atom. The molecule has 2 aliphatic rings. The maximum Gasteiger partial charge on any atom is 0.162 e. The number of pyridine rings is 1. The van der Waals surface area contributed by atoms with Crippen LogP contribution in [-0.4, -0.2) is 34.1 Å². The first-order valence-corrected chi connectivity index (χ1v) is 7.04. The lowest BCUT2D eigenvalue weighted by atomic mass is 10.2. The molecule has 4 rings (SSSR count). The third-order valence-corrected chi connectivity index (χ3v) is 4.06. The summed E-state index contributed by atoms with van der Waals surface area (Å²) in [4.78, 5) is 16.1. The fourth-order valence-electron chi connectivity index (χ4n) is 3.13. The molecule has 1 atom stereocenters. The first-order valence-electron chi connectivity index (χ1n) is 7.04. The number of aryl methyl sites for hydroxylation is 2. The smallest absolute Gasteiger partial charge is 0.162 e. The number of nitrogens with zero attached hydrogens (tertiary/aromatic N) is 4. The SMILES string of the molecule is Cc1cc(-c2nc(C)c3c(n2)N[C@H]2CCN3C2)ccn1.